The second-order valence-corrected chi connectivity index (χ2v) is 5.41. The highest BCUT2D eigenvalue weighted by Crippen LogP contribution is 2.17. The minimum absolute atomic E-state index is 0.380. The Labute approximate surface area is 129 Å². The standard InChI is InChI=1S/C15H20ClNO4/c16-12-2-4-13(5-3-12)21-14(15(18)19)6-8-17-7-1-10-20-11-9-17/h2-5,14H,1,6-11H2,(H,18,19)/p-1. The van der Waals surface area contributed by atoms with Crippen molar-refractivity contribution in [3.05, 3.63) is 29.3 Å². The summed E-state index contributed by atoms with van der Waals surface area (Å²) in [5, 5.41) is 11.8. The van der Waals surface area contributed by atoms with E-state index in [0.717, 1.165) is 26.1 Å². The summed E-state index contributed by atoms with van der Waals surface area (Å²) in [5.74, 6) is -0.719. The van der Waals surface area contributed by atoms with Crippen molar-refractivity contribution < 1.29 is 19.4 Å². The molecule has 0 N–H and O–H groups in total. The van der Waals surface area contributed by atoms with Crippen LogP contribution >= 0.6 is 11.6 Å². The summed E-state index contributed by atoms with van der Waals surface area (Å²) in [6.07, 6.45) is 0.384. The lowest BCUT2D eigenvalue weighted by molar-refractivity contribution is -0.313. The van der Waals surface area contributed by atoms with Gasteiger partial charge in [0.25, 0.3) is 0 Å². The van der Waals surface area contributed by atoms with Crippen LogP contribution in [0.4, 0.5) is 0 Å². The van der Waals surface area contributed by atoms with Crippen LogP contribution in [0.2, 0.25) is 5.02 Å². The zero-order chi connectivity index (χ0) is 15.1. The molecule has 0 aliphatic carbocycles. The number of benzene rings is 1. The Morgan fingerprint density at radius 1 is 1.33 bits per heavy atom. The monoisotopic (exact) mass is 312 g/mol. The Kier molecular flexibility index (Phi) is 6.29. The Balaban J connectivity index is 1.86. The number of carbonyl (C=O) groups excluding carboxylic acids is 1. The summed E-state index contributed by atoms with van der Waals surface area (Å²) in [7, 11) is 0. The Bertz CT molecular complexity index is 443. The first kappa shape index (κ1) is 16.1. The number of rotatable bonds is 6. The van der Waals surface area contributed by atoms with Crippen molar-refractivity contribution in [3.63, 3.8) is 0 Å². The second kappa shape index (κ2) is 8.22. The van der Waals surface area contributed by atoms with Crippen molar-refractivity contribution in [2.45, 2.75) is 18.9 Å². The summed E-state index contributed by atoms with van der Waals surface area (Å²) in [5.41, 5.74) is 0. The van der Waals surface area contributed by atoms with Gasteiger partial charge < -0.3 is 24.3 Å². The molecule has 1 atom stereocenters. The van der Waals surface area contributed by atoms with E-state index in [1.165, 1.54) is 0 Å². The highest BCUT2D eigenvalue weighted by Gasteiger charge is 2.16. The van der Waals surface area contributed by atoms with Crippen LogP contribution < -0.4 is 9.84 Å². The lowest BCUT2D eigenvalue weighted by atomic mass is 10.2. The summed E-state index contributed by atoms with van der Waals surface area (Å²) in [6.45, 7) is 3.84. The molecule has 0 aromatic heterocycles. The maximum atomic E-state index is 11.2. The number of halogens is 1. The fraction of sp³-hybridized carbons (Fsp3) is 0.533. The third kappa shape index (κ3) is 5.53. The van der Waals surface area contributed by atoms with Gasteiger partial charge in [-0.2, -0.15) is 0 Å². The first-order valence-electron chi connectivity index (χ1n) is 7.08. The van der Waals surface area contributed by atoms with Gasteiger partial charge in [0.05, 0.1) is 12.6 Å². The van der Waals surface area contributed by atoms with Crippen LogP contribution in [-0.4, -0.2) is 49.8 Å². The van der Waals surface area contributed by atoms with Crippen molar-refractivity contribution in [1.82, 2.24) is 4.90 Å². The SMILES string of the molecule is O=C([O-])C(CCN1CCCOCC1)Oc1ccc(Cl)cc1. The molecule has 0 saturated carbocycles. The number of ether oxygens (including phenoxy) is 2. The molecule has 1 heterocycles. The Morgan fingerprint density at radius 3 is 2.81 bits per heavy atom. The quantitative estimate of drug-likeness (QED) is 0.782. The lowest BCUT2D eigenvalue weighted by Crippen LogP contribution is -2.42. The fourth-order valence-corrected chi connectivity index (χ4v) is 2.35. The smallest absolute Gasteiger partial charge is 0.139 e. The average Bonchev–Trinajstić information content (AvgIpc) is 2.74. The van der Waals surface area contributed by atoms with E-state index in [-0.39, 0.29) is 0 Å². The van der Waals surface area contributed by atoms with Crippen LogP contribution in [0, 0.1) is 0 Å². The Morgan fingerprint density at radius 2 is 2.10 bits per heavy atom. The first-order chi connectivity index (χ1) is 10.1. The van der Waals surface area contributed by atoms with Crippen LogP contribution in [0.1, 0.15) is 12.8 Å². The topological polar surface area (TPSA) is 61.8 Å². The number of nitrogens with zero attached hydrogens (tertiary/aromatic N) is 1. The molecule has 0 spiro atoms. The maximum absolute atomic E-state index is 11.2. The molecule has 0 bridgehead atoms. The fourth-order valence-electron chi connectivity index (χ4n) is 2.22. The van der Waals surface area contributed by atoms with Crippen LogP contribution in [0.5, 0.6) is 5.75 Å². The molecule has 1 unspecified atom stereocenters. The third-order valence-corrected chi connectivity index (χ3v) is 3.63. The minimum atomic E-state index is -1.20. The minimum Gasteiger partial charge on any atom is -0.546 e. The van der Waals surface area contributed by atoms with E-state index >= 15 is 0 Å². The van der Waals surface area contributed by atoms with Gasteiger partial charge >= 0.3 is 0 Å². The van der Waals surface area contributed by atoms with E-state index < -0.39 is 12.1 Å². The molecule has 1 fully saturated rings. The van der Waals surface area contributed by atoms with E-state index in [2.05, 4.69) is 4.90 Å². The summed E-state index contributed by atoms with van der Waals surface area (Å²) in [6, 6.07) is 6.63. The predicted molar refractivity (Wildman–Crippen MR) is 77.4 cm³/mol. The summed E-state index contributed by atoms with van der Waals surface area (Å²) >= 11 is 5.79. The number of hydrogen-bond acceptors (Lipinski definition) is 5. The van der Waals surface area contributed by atoms with E-state index in [0.29, 0.717) is 30.3 Å². The number of carbonyl (C=O) groups is 1. The van der Waals surface area contributed by atoms with Gasteiger partial charge in [0.1, 0.15) is 11.9 Å². The van der Waals surface area contributed by atoms with Crippen LogP contribution in [-0.2, 0) is 9.53 Å². The van der Waals surface area contributed by atoms with Gasteiger partial charge in [0.2, 0.25) is 0 Å². The van der Waals surface area contributed by atoms with Crippen LogP contribution in [0.15, 0.2) is 24.3 Å². The highest BCUT2D eigenvalue weighted by atomic mass is 35.5. The van der Waals surface area contributed by atoms with Crippen molar-refractivity contribution in [3.8, 4) is 5.75 Å². The summed E-state index contributed by atoms with van der Waals surface area (Å²) < 4.78 is 10.8. The van der Waals surface area contributed by atoms with E-state index in [1.54, 1.807) is 24.3 Å². The molecule has 5 nitrogen and oxygen atoms in total. The van der Waals surface area contributed by atoms with Crippen molar-refractivity contribution >= 4 is 17.6 Å². The zero-order valence-corrected chi connectivity index (χ0v) is 12.6. The average molecular weight is 313 g/mol. The molecule has 0 radical (unpaired) electrons. The molecule has 1 aliphatic rings. The number of aliphatic carboxylic acids is 1. The van der Waals surface area contributed by atoms with E-state index in [1.807, 2.05) is 0 Å². The normalized spacial score (nSPS) is 18.0. The Hall–Kier alpha value is -1.30. The van der Waals surface area contributed by atoms with Gasteiger partial charge in [0, 0.05) is 37.7 Å². The first-order valence-corrected chi connectivity index (χ1v) is 7.46. The van der Waals surface area contributed by atoms with Gasteiger partial charge in [0.15, 0.2) is 0 Å². The molecule has 1 aromatic rings. The maximum Gasteiger partial charge on any atom is 0.139 e. The second-order valence-electron chi connectivity index (χ2n) is 4.98. The zero-order valence-electron chi connectivity index (χ0n) is 11.8. The molecule has 1 aromatic carbocycles. The molecule has 0 amide bonds. The third-order valence-electron chi connectivity index (χ3n) is 3.38. The molecule has 1 saturated heterocycles. The van der Waals surface area contributed by atoms with Gasteiger partial charge in [-0.3, -0.25) is 0 Å². The van der Waals surface area contributed by atoms with Crippen molar-refractivity contribution in [2.75, 3.05) is 32.8 Å². The van der Waals surface area contributed by atoms with Crippen molar-refractivity contribution in [2.24, 2.45) is 0 Å². The largest absolute Gasteiger partial charge is 0.546 e. The number of carboxylic acids is 1. The molecule has 6 heteroatoms. The molecular weight excluding hydrogens is 294 g/mol. The van der Waals surface area contributed by atoms with Gasteiger partial charge in [-0.25, -0.2) is 0 Å². The molecular formula is C15H19ClNO4-. The molecule has 21 heavy (non-hydrogen) atoms. The molecule has 1 aliphatic heterocycles. The van der Waals surface area contributed by atoms with Gasteiger partial charge in [-0.05, 0) is 30.7 Å². The van der Waals surface area contributed by atoms with Crippen molar-refractivity contribution in [1.29, 1.82) is 0 Å². The predicted octanol–water partition coefficient (Wildman–Crippen LogP) is 0.950. The molecule has 116 valence electrons. The number of carboxylic acid groups (broad SMARTS) is 1. The van der Waals surface area contributed by atoms with Crippen LogP contribution in [0.25, 0.3) is 0 Å². The summed E-state index contributed by atoms with van der Waals surface area (Å²) in [4.78, 5) is 13.4. The number of hydrogen-bond donors (Lipinski definition) is 0. The lowest BCUT2D eigenvalue weighted by Gasteiger charge is -2.24. The molecule has 2 rings (SSSR count). The highest BCUT2D eigenvalue weighted by molar-refractivity contribution is 6.30. The van der Waals surface area contributed by atoms with Gasteiger partial charge in [-0.1, -0.05) is 11.6 Å². The van der Waals surface area contributed by atoms with Gasteiger partial charge in [-0.15, -0.1) is 0 Å². The van der Waals surface area contributed by atoms with E-state index in [9.17, 15) is 9.90 Å². The van der Waals surface area contributed by atoms with E-state index in [4.69, 9.17) is 21.1 Å². The van der Waals surface area contributed by atoms with Crippen LogP contribution in [0.3, 0.4) is 0 Å².